The normalized spacial score (nSPS) is 10.8. The van der Waals surface area contributed by atoms with Crippen LogP contribution in [-0.4, -0.2) is 35.3 Å². The molecule has 0 aliphatic heterocycles. The molecule has 2 aromatic rings. The monoisotopic (exact) mass is 370 g/mol. The van der Waals surface area contributed by atoms with Crippen molar-refractivity contribution in [1.29, 1.82) is 0 Å². The van der Waals surface area contributed by atoms with E-state index < -0.39 is 18.5 Å². The first-order chi connectivity index (χ1) is 12.8. The molecule has 140 valence electrons. The van der Waals surface area contributed by atoms with Crippen molar-refractivity contribution in [2.24, 2.45) is 21.6 Å². The van der Waals surface area contributed by atoms with Gasteiger partial charge in [0.1, 0.15) is 5.75 Å². The van der Waals surface area contributed by atoms with Crippen molar-refractivity contribution in [3.63, 3.8) is 0 Å². The van der Waals surface area contributed by atoms with Crippen molar-refractivity contribution < 1.29 is 24.3 Å². The number of carboxylic acid groups (broad SMARTS) is 1. The second-order valence-electron chi connectivity index (χ2n) is 5.34. The second kappa shape index (κ2) is 8.99. The summed E-state index contributed by atoms with van der Waals surface area (Å²) < 4.78 is 5.34. The lowest BCUT2D eigenvalue weighted by atomic mass is 10.1. The number of carbonyl (C=O) groups excluding carboxylic acids is 1. The molecule has 0 aromatic heterocycles. The van der Waals surface area contributed by atoms with Crippen LogP contribution in [0.25, 0.3) is 0 Å². The number of carbonyl (C=O) groups is 2. The van der Waals surface area contributed by atoms with Crippen molar-refractivity contribution in [3.8, 4) is 5.75 Å². The molecule has 0 saturated carbocycles. The lowest BCUT2D eigenvalue weighted by Crippen LogP contribution is -2.21. The van der Waals surface area contributed by atoms with E-state index in [1.807, 2.05) is 0 Å². The van der Waals surface area contributed by atoms with Gasteiger partial charge in [0.15, 0.2) is 5.96 Å². The number of aliphatic imine (C=N–C) groups is 1. The number of rotatable bonds is 7. The van der Waals surface area contributed by atoms with E-state index in [1.54, 1.807) is 55.5 Å². The summed E-state index contributed by atoms with van der Waals surface area (Å²) >= 11 is 0. The minimum Gasteiger partial charge on any atom is -0.479 e. The molecular weight excluding hydrogens is 352 g/mol. The summed E-state index contributed by atoms with van der Waals surface area (Å²) in [5.41, 5.74) is 12.5. The van der Waals surface area contributed by atoms with Crippen LogP contribution in [0.1, 0.15) is 22.8 Å². The van der Waals surface area contributed by atoms with Crippen LogP contribution in [0.3, 0.4) is 0 Å². The molecule has 0 bridgehead atoms. The molecule has 0 amide bonds. The van der Waals surface area contributed by atoms with E-state index in [0.29, 0.717) is 28.3 Å². The molecule has 5 N–H and O–H groups in total. The predicted octanol–water partition coefficient (Wildman–Crippen LogP) is 1.64. The Hall–Kier alpha value is -3.88. The summed E-state index contributed by atoms with van der Waals surface area (Å²) in [6, 6.07) is 12.9. The average molecular weight is 370 g/mol. The molecule has 0 spiro atoms. The summed E-state index contributed by atoms with van der Waals surface area (Å²) in [5.74, 6) is -1.45. The van der Waals surface area contributed by atoms with Gasteiger partial charge >= 0.3 is 11.9 Å². The first kappa shape index (κ1) is 19.4. The van der Waals surface area contributed by atoms with E-state index in [9.17, 15) is 9.59 Å². The first-order valence-electron chi connectivity index (χ1n) is 7.76. The van der Waals surface area contributed by atoms with Crippen LogP contribution < -0.4 is 16.2 Å². The van der Waals surface area contributed by atoms with Gasteiger partial charge < -0.3 is 26.1 Å². The Kier molecular flexibility index (Phi) is 6.48. The molecule has 9 heteroatoms. The van der Waals surface area contributed by atoms with E-state index in [-0.39, 0.29) is 5.96 Å². The number of hydrogen-bond acceptors (Lipinski definition) is 6. The highest BCUT2D eigenvalue weighted by atomic mass is 16.6. The number of nitrogens with two attached hydrogens (primary N) is 2. The molecule has 0 heterocycles. The Morgan fingerprint density at radius 1 is 1.07 bits per heavy atom. The number of nitrogens with zero attached hydrogens (tertiary/aromatic N) is 2. The molecule has 0 radical (unpaired) electrons. The number of ether oxygens (including phenoxy) is 1. The summed E-state index contributed by atoms with van der Waals surface area (Å²) in [6.07, 6.45) is 0. The minimum atomic E-state index is -1.12. The number of guanidine groups is 1. The lowest BCUT2D eigenvalue weighted by Gasteiger charge is -2.07. The Bertz CT molecular complexity index is 887. The number of carboxylic acids is 1. The molecule has 0 aliphatic rings. The van der Waals surface area contributed by atoms with E-state index in [0.717, 1.165) is 0 Å². The summed E-state index contributed by atoms with van der Waals surface area (Å²) in [4.78, 5) is 31.2. The van der Waals surface area contributed by atoms with Gasteiger partial charge in [0.2, 0.25) is 6.61 Å². The fraction of sp³-hybridized carbons (Fsp3) is 0.111. The number of benzene rings is 2. The maximum atomic E-state index is 12.2. The number of hydrogen-bond donors (Lipinski definition) is 3. The second-order valence-corrected chi connectivity index (χ2v) is 5.34. The molecule has 0 unspecified atom stereocenters. The van der Waals surface area contributed by atoms with Gasteiger partial charge in [-0.15, -0.1) is 0 Å². The van der Waals surface area contributed by atoms with Crippen molar-refractivity contribution in [1.82, 2.24) is 0 Å². The fourth-order valence-corrected chi connectivity index (χ4v) is 2.01. The minimum absolute atomic E-state index is 0.0773. The molecule has 2 aromatic carbocycles. The van der Waals surface area contributed by atoms with Gasteiger partial charge in [-0.2, -0.15) is 0 Å². The number of esters is 1. The van der Waals surface area contributed by atoms with Crippen molar-refractivity contribution in [2.45, 2.75) is 6.92 Å². The van der Waals surface area contributed by atoms with Gasteiger partial charge in [0.25, 0.3) is 0 Å². The SMILES string of the molecule is CC(=NOCC(=O)O)c1cccc(OC(=O)c2ccc(N=C(N)N)cc2)c1. The standard InChI is InChI=1S/C18H18N4O5/c1-11(22-26-10-16(23)24)13-3-2-4-15(9-13)27-17(25)12-5-7-14(8-6-12)21-18(19)20/h2-9H,10H2,1H3,(H,23,24)(H4,19,20,21). The molecular formula is C18H18N4O5. The van der Waals surface area contributed by atoms with E-state index >= 15 is 0 Å². The lowest BCUT2D eigenvalue weighted by molar-refractivity contribution is -0.142. The predicted molar refractivity (Wildman–Crippen MR) is 99.1 cm³/mol. The van der Waals surface area contributed by atoms with Crippen molar-refractivity contribution in [3.05, 3.63) is 59.7 Å². The van der Waals surface area contributed by atoms with E-state index in [2.05, 4.69) is 10.1 Å². The quantitative estimate of drug-likeness (QED) is 0.220. The molecule has 0 atom stereocenters. The molecule has 0 saturated heterocycles. The average Bonchev–Trinajstić information content (AvgIpc) is 2.61. The van der Waals surface area contributed by atoms with Crippen LogP contribution in [0.2, 0.25) is 0 Å². The zero-order valence-corrected chi connectivity index (χ0v) is 14.5. The van der Waals surface area contributed by atoms with Gasteiger partial charge in [-0.25, -0.2) is 14.6 Å². The van der Waals surface area contributed by atoms with Gasteiger partial charge in [-0.3, -0.25) is 0 Å². The van der Waals surface area contributed by atoms with Crippen LogP contribution in [0.4, 0.5) is 5.69 Å². The maximum absolute atomic E-state index is 12.2. The summed E-state index contributed by atoms with van der Waals surface area (Å²) in [5, 5.41) is 12.2. The fourth-order valence-electron chi connectivity index (χ4n) is 2.01. The molecule has 2 rings (SSSR count). The van der Waals surface area contributed by atoms with Gasteiger partial charge in [-0.1, -0.05) is 17.3 Å². The molecule has 27 heavy (non-hydrogen) atoms. The van der Waals surface area contributed by atoms with Gasteiger partial charge in [-0.05, 0) is 43.3 Å². The van der Waals surface area contributed by atoms with Crippen LogP contribution in [-0.2, 0) is 9.63 Å². The molecule has 0 aliphatic carbocycles. The Morgan fingerprint density at radius 3 is 2.41 bits per heavy atom. The van der Waals surface area contributed by atoms with Crippen LogP contribution in [0, 0.1) is 0 Å². The van der Waals surface area contributed by atoms with E-state index in [1.165, 1.54) is 0 Å². The highest BCUT2D eigenvalue weighted by molar-refractivity contribution is 5.99. The van der Waals surface area contributed by atoms with E-state index in [4.69, 9.17) is 26.1 Å². The molecule has 0 fully saturated rings. The largest absolute Gasteiger partial charge is 0.479 e. The zero-order valence-electron chi connectivity index (χ0n) is 14.5. The first-order valence-corrected chi connectivity index (χ1v) is 7.76. The number of oxime groups is 1. The Labute approximate surface area is 154 Å². The smallest absolute Gasteiger partial charge is 0.344 e. The zero-order chi connectivity index (χ0) is 19.8. The van der Waals surface area contributed by atoms with Crippen LogP contribution >= 0.6 is 0 Å². The summed E-state index contributed by atoms with van der Waals surface area (Å²) in [7, 11) is 0. The van der Waals surface area contributed by atoms with Crippen LogP contribution in [0.5, 0.6) is 5.75 Å². The third-order valence-electron chi connectivity index (χ3n) is 3.21. The maximum Gasteiger partial charge on any atom is 0.344 e. The molecule has 9 nitrogen and oxygen atoms in total. The topological polar surface area (TPSA) is 150 Å². The van der Waals surface area contributed by atoms with Gasteiger partial charge in [0.05, 0.1) is 17.0 Å². The summed E-state index contributed by atoms with van der Waals surface area (Å²) in [6.45, 7) is 1.10. The third-order valence-corrected chi connectivity index (χ3v) is 3.21. The van der Waals surface area contributed by atoms with Crippen LogP contribution in [0.15, 0.2) is 58.7 Å². The highest BCUT2D eigenvalue weighted by Crippen LogP contribution is 2.18. The highest BCUT2D eigenvalue weighted by Gasteiger charge is 2.10. The Balaban J connectivity index is 2.07. The van der Waals surface area contributed by atoms with Gasteiger partial charge in [0, 0.05) is 5.56 Å². The third kappa shape index (κ3) is 6.16. The van der Waals surface area contributed by atoms with Crippen molar-refractivity contribution >= 4 is 29.3 Å². The Morgan fingerprint density at radius 2 is 1.78 bits per heavy atom. The van der Waals surface area contributed by atoms with Crippen molar-refractivity contribution in [2.75, 3.05) is 6.61 Å². The number of aliphatic carboxylic acids is 1.